The van der Waals surface area contributed by atoms with E-state index in [1.54, 1.807) is 6.08 Å². The van der Waals surface area contributed by atoms with Crippen LogP contribution in [0.2, 0.25) is 0 Å². The molecule has 0 radical (unpaired) electrons. The average Bonchev–Trinajstić information content (AvgIpc) is 3.16. The summed E-state index contributed by atoms with van der Waals surface area (Å²) in [6.07, 6.45) is 60.9. The molecule has 4 heteroatoms. The van der Waals surface area contributed by atoms with E-state index in [-0.39, 0.29) is 12.5 Å². The number of amides is 1. The average molecular weight is 742 g/mol. The lowest BCUT2D eigenvalue weighted by molar-refractivity contribution is -0.123. The van der Waals surface area contributed by atoms with Gasteiger partial charge in [0, 0.05) is 6.42 Å². The summed E-state index contributed by atoms with van der Waals surface area (Å²) in [4.78, 5) is 12.4. The highest BCUT2D eigenvalue weighted by Crippen LogP contribution is 2.16. The lowest BCUT2D eigenvalue weighted by Crippen LogP contribution is -2.45. The summed E-state index contributed by atoms with van der Waals surface area (Å²) in [7, 11) is 0. The number of hydrogen-bond donors (Lipinski definition) is 3. The van der Waals surface area contributed by atoms with Crippen LogP contribution in [0.5, 0.6) is 0 Å². The fraction of sp³-hybridized carbons (Fsp3) is 0.816. The standard InChI is InChI=1S/C49H91NO3/c1-3-5-7-9-11-13-15-17-19-20-21-22-23-24-25-26-27-28-29-31-32-34-36-38-40-42-44-48(52)47(46-51)50-49(53)45-43-41-39-37-35-33-30-18-16-14-12-10-8-6-4-2/h6,8,12,14,18,30,42,44,47-48,51-52H,3-5,7,9-11,13,15-17,19-29,31-41,43,45-46H2,1-2H3,(H,50,53)/b8-6-,14-12-,30-18-,44-42+. The molecule has 0 aliphatic heterocycles. The number of hydrogen-bond acceptors (Lipinski definition) is 3. The second-order valence-electron chi connectivity index (χ2n) is 15.8. The van der Waals surface area contributed by atoms with Gasteiger partial charge in [-0.15, -0.1) is 0 Å². The van der Waals surface area contributed by atoms with Crippen molar-refractivity contribution in [3.05, 3.63) is 48.6 Å². The van der Waals surface area contributed by atoms with E-state index in [1.165, 1.54) is 161 Å². The van der Waals surface area contributed by atoms with Crippen LogP contribution in [0.25, 0.3) is 0 Å². The molecule has 0 saturated carbocycles. The third-order valence-corrected chi connectivity index (χ3v) is 10.6. The van der Waals surface area contributed by atoms with E-state index < -0.39 is 12.1 Å². The Hall–Kier alpha value is -1.65. The predicted octanol–water partition coefficient (Wildman–Crippen LogP) is 14.7. The number of nitrogens with one attached hydrogen (secondary N) is 1. The molecule has 53 heavy (non-hydrogen) atoms. The quantitative estimate of drug-likeness (QED) is 0.0431. The van der Waals surface area contributed by atoms with Gasteiger partial charge in [-0.25, -0.2) is 0 Å². The van der Waals surface area contributed by atoms with Crippen molar-refractivity contribution in [2.45, 2.75) is 251 Å². The normalized spacial score (nSPS) is 13.4. The molecular formula is C49H91NO3. The van der Waals surface area contributed by atoms with E-state index in [1.807, 2.05) is 6.08 Å². The van der Waals surface area contributed by atoms with Crippen LogP contribution in [0.4, 0.5) is 0 Å². The molecular weight excluding hydrogens is 651 g/mol. The highest BCUT2D eigenvalue weighted by Gasteiger charge is 2.17. The molecule has 3 N–H and O–H groups in total. The first-order valence-corrected chi connectivity index (χ1v) is 23.4. The fourth-order valence-electron chi connectivity index (χ4n) is 7.02. The Kier molecular flexibility index (Phi) is 43.4. The van der Waals surface area contributed by atoms with Crippen LogP contribution in [0.1, 0.15) is 239 Å². The third-order valence-electron chi connectivity index (χ3n) is 10.6. The van der Waals surface area contributed by atoms with E-state index in [4.69, 9.17) is 0 Å². The van der Waals surface area contributed by atoms with Crippen molar-refractivity contribution >= 4 is 5.91 Å². The zero-order chi connectivity index (χ0) is 38.6. The molecule has 0 aliphatic rings. The van der Waals surface area contributed by atoms with Crippen LogP contribution >= 0.6 is 0 Å². The summed E-state index contributed by atoms with van der Waals surface area (Å²) in [5.41, 5.74) is 0. The first kappa shape index (κ1) is 51.4. The van der Waals surface area contributed by atoms with Crippen molar-refractivity contribution in [1.82, 2.24) is 5.32 Å². The molecule has 1 amide bonds. The third kappa shape index (κ3) is 41.4. The molecule has 2 atom stereocenters. The summed E-state index contributed by atoms with van der Waals surface area (Å²) < 4.78 is 0. The minimum absolute atomic E-state index is 0.0808. The number of rotatable bonds is 42. The Morgan fingerprint density at radius 1 is 0.472 bits per heavy atom. The van der Waals surface area contributed by atoms with E-state index in [0.717, 1.165) is 57.8 Å². The number of carbonyl (C=O) groups is 1. The molecule has 0 saturated heterocycles. The number of aliphatic hydroxyl groups is 2. The van der Waals surface area contributed by atoms with E-state index in [9.17, 15) is 15.0 Å². The Morgan fingerprint density at radius 3 is 1.25 bits per heavy atom. The lowest BCUT2D eigenvalue weighted by Gasteiger charge is -2.20. The highest BCUT2D eigenvalue weighted by molar-refractivity contribution is 5.76. The Bertz CT molecular complexity index is 847. The maximum atomic E-state index is 12.4. The van der Waals surface area contributed by atoms with Gasteiger partial charge in [0.15, 0.2) is 0 Å². The summed E-state index contributed by atoms with van der Waals surface area (Å²) in [5, 5.41) is 23.0. The summed E-state index contributed by atoms with van der Waals surface area (Å²) in [6, 6.07) is -0.632. The smallest absolute Gasteiger partial charge is 0.220 e. The number of carbonyl (C=O) groups excluding carboxylic acids is 1. The first-order valence-electron chi connectivity index (χ1n) is 23.4. The second-order valence-corrected chi connectivity index (χ2v) is 15.8. The molecule has 4 nitrogen and oxygen atoms in total. The van der Waals surface area contributed by atoms with E-state index >= 15 is 0 Å². The molecule has 0 aromatic rings. The van der Waals surface area contributed by atoms with Gasteiger partial charge in [0.25, 0.3) is 0 Å². The van der Waals surface area contributed by atoms with Crippen molar-refractivity contribution in [2.75, 3.05) is 6.61 Å². The van der Waals surface area contributed by atoms with Crippen molar-refractivity contribution in [1.29, 1.82) is 0 Å². The van der Waals surface area contributed by atoms with Gasteiger partial charge in [0.1, 0.15) is 0 Å². The van der Waals surface area contributed by atoms with Gasteiger partial charge in [-0.05, 0) is 51.4 Å². The summed E-state index contributed by atoms with van der Waals surface area (Å²) in [5.74, 6) is -0.0808. The number of aliphatic hydroxyl groups excluding tert-OH is 2. The molecule has 0 aromatic carbocycles. The summed E-state index contributed by atoms with van der Waals surface area (Å²) in [6.45, 7) is 4.20. The Morgan fingerprint density at radius 2 is 0.830 bits per heavy atom. The maximum Gasteiger partial charge on any atom is 0.220 e. The van der Waals surface area contributed by atoms with Gasteiger partial charge in [-0.2, -0.15) is 0 Å². The van der Waals surface area contributed by atoms with Gasteiger partial charge in [-0.1, -0.05) is 229 Å². The minimum atomic E-state index is -0.847. The lowest BCUT2D eigenvalue weighted by atomic mass is 10.0. The molecule has 0 bridgehead atoms. The molecule has 0 rings (SSSR count). The van der Waals surface area contributed by atoms with Gasteiger partial charge in [0.05, 0.1) is 18.8 Å². The zero-order valence-electron chi connectivity index (χ0n) is 35.5. The van der Waals surface area contributed by atoms with Crippen LogP contribution in [-0.4, -0.2) is 34.9 Å². The molecule has 0 aromatic heterocycles. The van der Waals surface area contributed by atoms with Gasteiger partial charge < -0.3 is 15.5 Å². The fourth-order valence-corrected chi connectivity index (χ4v) is 7.02. The zero-order valence-corrected chi connectivity index (χ0v) is 35.5. The maximum absolute atomic E-state index is 12.4. The molecule has 0 spiro atoms. The molecule has 2 unspecified atom stereocenters. The molecule has 0 aliphatic carbocycles. The molecule has 0 fully saturated rings. The van der Waals surface area contributed by atoms with Crippen LogP contribution < -0.4 is 5.32 Å². The van der Waals surface area contributed by atoms with E-state index in [0.29, 0.717) is 6.42 Å². The monoisotopic (exact) mass is 742 g/mol. The van der Waals surface area contributed by atoms with Crippen molar-refractivity contribution in [3.63, 3.8) is 0 Å². The highest BCUT2D eigenvalue weighted by atomic mass is 16.3. The largest absolute Gasteiger partial charge is 0.394 e. The van der Waals surface area contributed by atoms with Crippen LogP contribution in [0, 0.1) is 0 Å². The van der Waals surface area contributed by atoms with Crippen LogP contribution in [0.15, 0.2) is 48.6 Å². The topological polar surface area (TPSA) is 69.6 Å². The van der Waals surface area contributed by atoms with Crippen LogP contribution in [-0.2, 0) is 4.79 Å². The van der Waals surface area contributed by atoms with Crippen LogP contribution in [0.3, 0.4) is 0 Å². The summed E-state index contributed by atoms with van der Waals surface area (Å²) >= 11 is 0. The number of unbranched alkanes of at least 4 members (excludes halogenated alkanes) is 29. The minimum Gasteiger partial charge on any atom is -0.394 e. The van der Waals surface area contributed by atoms with Gasteiger partial charge in [-0.3, -0.25) is 4.79 Å². The predicted molar refractivity (Wildman–Crippen MR) is 235 cm³/mol. The van der Waals surface area contributed by atoms with Gasteiger partial charge in [0.2, 0.25) is 5.91 Å². The van der Waals surface area contributed by atoms with Crippen molar-refractivity contribution in [2.24, 2.45) is 0 Å². The first-order chi connectivity index (χ1) is 26.2. The van der Waals surface area contributed by atoms with E-state index in [2.05, 4.69) is 55.6 Å². The second kappa shape index (κ2) is 44.7. The molecule has 310 valence electrons. The Balaban J connectivity index is 3.53. The van der Waals surface area contributed by atoms with Crippen molar-refractivity contribution in [3.8, 4) is 0 Å². The number of allylic oxidation sites excluding steroid dienone is 7. The van der Waals surface area contributed by atoms with Gasteiger partial charge >= 0.3 is 0 Å². The Labute approximate surface area is 331 Å². The van der Waals surface area contributed by atoms with Crippen molar-refractivity contribution < 1.29 is 15.0 Å². The molecule has 0 heterocycles. The SMILES string of the molecule is CC/C=C\C/C=C\C/C=C\CCCCCCCC(=O)NC(CO)C(O)/C=C/CCCCCCCCCCCCCCCCCCCCCCCCCC.